The molecule has 1 heterocycles. The standard InChI is InChI=1S/C12H15N3/c1-10(11-5-3-2-4-6-11)13-9-12-7-8-14-15-12/h2-8,10,13H,9H2,1H3,(H,14,15)/t10-/m0/s1. The third-order valence-electron chi connectivity index (χ3n) is 2.46. The van der Waals surface area contributed by atoms with E-state index in [9.17, 15) is 0 Å². The summed E-state index contributed by atoms with van der Waals surface area (Å²) in [7, 11) is 0. The molecule has 1 aromatic carbocycles. The Morgan fingerprint density at radius 2 is 2.07 bits per heavy atom. The van der Waals surface area contributed by atoms with Crippen LogP contribution in [-0.2, 0) is 6.54 Å². The molecule has 0 saturated heterocycles. The van der Waals surface area contributed by atoms with Gasteiger partial charge in [-0.15, -0.1) is 0 Å². The van der Waals surface area contributed by atoms with Crippen molar-refractivity contribution in [2.45, 2.75) is 19.5 Å². The first kappa shape index (κ1) is 9.93. The number of benzene rings is 1. The second kappa shape index (κ2) is 4.75. The van der Waals surface area contributed by atoms with Crippen molar-refractivity contribution >= 4 is 0 Å². The summed E-state index contributed by atoms with van der Waals surface area (Å²) in [5, 5.41) is 10.3. The fourth-order valence-corrected chi connectivity index (χ4v) is 1.51. The number of H-pyrrole nitrogens is 1. The van der Waals surface area contributed by atoms with Gasteiger partial charge in [-0.2, -0.15) is 5.10 Å². The van der Waals surface area contributed by atoms with Gasteiger partial charge in [0.15, 0.2) is 0 Å². The largest absolute Gasteiger partial charge is 0.305 e. The Morgan fingerprint density at radius 1 is 1.27 bits per heavy atom. The van der Waals surface area contributed by atoms with Gasteiger partial charge in [0, 0.05) is 24.5 Å². The summed E-state index contributed by atoms with van der Waals surface area (Å²) in [4.78, 5) is 0. The molecule has 3 nitrogen and oxygen atoms in total. The highest BCUT2D eigenvalue weighted by Crippen LogP contribution is 2.11. The van der Waals surface area contributed by atoms with E-state index in [-0.39, 0.29) is 0 Å². The van der Waals surface area contributed by atoms with Crippen molar-refractivity contribution in [3.63, 3.8) is 0 Å². The van der Waals surface area contributed by atoms with Crippen molar-refractivity contribution in [1.82, 2.24) is 15.5 Å². The molecule has 0 saturated carbocycles. The molecule has 0 aliphatic heterocycles. The summed E-state index contributed by atoms with van der Waals surface area (Å²) in [5.41, 5.74) is 2.41. The average Bonchev–Trinajstić information content (AvgIpc) is 2.80. The Hall–Kier alpha value is -1.61. The maximum absolute atomic E-state index is 3.91. The lowest BCUT2D eigenvalue weighted by atomic mass is 10.1. The van der Waals surface area contributed by atoms with Crippen LogP contribution in [0.5, 0.6) is 0 Å². The van der Waals surface area contributed by atoms with Gasteiger partial charge in [-0.05, 0) is 18.6 Å². The van der Waals surface area contributed by atoms with Crippen LogP contribution in [0.3, 0.4) is 0 Å². The lowest BCUT2D eigenvalue weighted by Gasteiger charge is -2.13. The summed E-state index contributed by atoms with van der Waals surface area (Å²) in [5.74, 6) is 0. The molecular weight excluding hydrogens is 186 g/mol. The number of nitrogens with zero attached hydrogens (tertiary/aromatic N) is 1. The molecular formula is C12H15N3. The normalized spacial score (nSPS) is 12.6. The summed E-state index contributed by atoms with van der Waals surface area (Å²) in [6.07, 6.45) is 1.77. The van der Waals surface area contributed by atoms with E-state index in [1.54, 1.807) is 6.20 Å². The molecule has 1 aromatic heterocycles. The van der Waals surface area contributed by atoms with Gasteiger partial charge in [-0.3, -0.25) is 5.10 Å². The minimum Gasteiger partial charge on any atom is -0.305 e. The third kappa shape index (κ3) is 2.67. The Kier molecular flexibility index (Phi) is 3.15. The van der Waals surface area contributed by atoms with Gasteiger partial charge < -0.3 is 5.32 Å². The topological polar surface area (TPSA) is 40.7 Å². The first-order chi connectivity index (χ1) is 7.36. The van der Waals surface area contributed by atoms with Gasteiger partial charge in [-0.1, -0.05) is 30.3 Å². The van der Waals surface area contributed by atoms with Gasteiger partial charge in [-0.25, -0.2) is 0 Å². The van der Waals surface area contributed by atoms with Crippen molar-refractivity contribution in [3.8, 4) is 0 Å². The molecule has 0 spiro atoms. The van der Waals surface area contributed by atoms with Crippen LogP contribution < -0.4 is 5.32 Å². The molecule has 0 aliphatic rings. The lowest BCUT2D eigenvalue weighted by molar-refractivity contribution is 0.567. The molecule has 0 fully saturated rings. The minimum atomic E-state index is 0.356. The zero-order valence-corrected chi connectivity index (χ0v) is 8.77. The molecule has 2 rings (SSSR count). The number of aromatic amines is 1. The predicted molar refractivity (Wildman–Crippen MR) is 60.3 cm³/mol. The first-order valence-electron chi connectivity index (χ1n) is 5.13. The Bertz CT molecular complexity index is 381. The Labute approximate surface area is 89.5 Å². The summed E-state index contributed by atoms with van der Waals surface area (Å²) in [6, 6.07) is 12.7. The maximum atomic E-state index is 3.91. The van der Waals surface area contributed by atoms with E-state index in [2.05, 4.69) is 46.7 Å². The zero-order chi connectivity index (χ0) is 10.5. The van der Waals surface area contributed by atoms with Gasteiger partial charge in [0.05, 0.1) is 0 Å². The van der Waals surface area contributed by atoms with Crippen LogP contribution in [0.4, 0.5) is 0 Å². The van der Waals surface area contributed by atoms with Crippen LogP contribution in [0.2, 0.25) is 0 Å². The second-order valence-electron chi connectivity index (χ2n) is 3.60. The van der Waals surface area contributed by atoms with Gasteiger partial charge >= 0.3 is 0 Å². The number of nitrogens with one attached hydrogen (secondary N) is 2. The molecule has 1 atom stereocenters. The van der Waals surface area contributed by atoms with E-state index in [4.69, 9.17) is 0 Å². The van der Waals surface area contributed by atoms with Gasteiger partial charge in [0.2, 0.25) is 0 Å². The third-order valence-corrected chi connectivity index (χ3v) is 2.46. The van der Waals surface area contributed by atoms with Gasteiger partial charge in [0.25, 0.3) is 0 Å². The summed E-state index contributed by atoms with van der Waals surface area (Å²) < 4.78 is 0. The zero-order valence-electron chi connectivity index (χ0n) is 8.77. The fourth-order valence-electron chi connectivity index (χ4n) is 1.51. The number of aromatic nitrogens is 2. The van der Waals surface area contributed by atoms with Crippen molar-refractivity contribution < 1.29 is 0 Å². The highest BCUT2D eigenvalue weighted by molar-refractivity contribution is 5.18. The van der Waals surface area contributed by atoms with Crippen LogP contribution in [0.25, 0.3) is 0 Å². The molecule has 2 N–H and O–H groups in total. The molecule has 0 bridgehead atoms. The van der Waals surface area contributed by atoms with Gasteiger partial charge in [0.1, 0.15) is 0 Å². The van der Waals surface area contributed by atoms with Crippen molar-refractivity contribution in [1.29, 1.82) is 0 Å². The Morgan fingerprint density at radius 3 is 2.73 bits per heavy atom. The molecule has 0 unspecified atom stereocenters. The van der Waals surface area contributed by atoms with Crippen molar-refractivity contribution in [2.24, 2.45) is 0 Å². The van der Waals surface area contributed by atoms with Crippen LogP contribution in [0, 0.1) is 0 Å². The highest BCUT2D eigenvalue weighted by Gasteiger charge is 2.03. The van der Waals surface area contributed by atoms with Crippen molar-refractivity contribution in [2.75, 3.05) is 0 Å². The molecule has 15 heavy (non-hydrogen) atoms. The highest BCUT2D eigenvalue weighted by atomic mass is 15.1. The fraction of sp³-hybridized carbons (Fsp3) is 0.250. The van der Waals surface area contributed by atoms with E-state index in [1.165, 1.54) is 5.56 Å². The molecule has 0 amide bonds. The molecule has 0 aliphatic carbocycles. The monoisotopic (exact) mass is 201 g/mol. The van der Waals surface area contributed by atoms with Crippen LogP contribution >= 0.6 is 0 Å². The molecule has 0 radical (unpaired) electrons. The summed E-state index contributed by atoms with van der Waals surface area (Å²) >= 11 is 0. The van der Waals surface area contributed by atoms with E-state index < -0.39 is 0 Å². The van der Waals surface area contributed by atoms with Crippen LogP contribution in [0.15, 0.2) is 42.6 Å². The number of rotatable bonds is 4. The van der Waals surface area contributed by atoms with E-state index in [1.807, 2.05) is 12.1 Å². The number of hydrogen-bond donors (Lipinski definition) is 2. The second-order valence-corrected chi connectivity index (χ2v) is 3.60. The quantitative estimate of drug-likeness (QED) is 0.796. The average molecular weight is 201 g/mol. The summed E-state index contributed by atoms with van der Waals surface area (Å²) in [6.45, 7) is 2.97. The number of hydrogen-bond acceptors (Lipinski definition) is 2. The lowest BCUT2D eigenvalue weighted by Crippen LogP contribution is -2.18. The molecule has 2 aromatic rings. The van der Waals surface area contributed by atoms with Crippen LogP contribution in [0.1, 0.15) is 24.2 Å². The molecule has 3 heteroatoms. The smallest absolute Gasteiger partial charge is 0.0490 e. The maximum Gasteiger partial charge on any atom is 0.0490 e. The predicted octanol–water partition coefficient (Wildman–Crippen LogP) is 2.26. The SMILES string of the molecule is C[C@H](NCc1ccn[nH]1)c1ccccc1. The van der Waals surface area contributed by atoms with E-state index in [0.29, 0.717) is 6.04 Å². The minimum absolute atomic E-state index is 0.356. The van der Waals surface area contributed by atoms with Crippen LogP contribution in [-0.4, -0.2) is 10.2 Å². The van der Waals surface area contributed by atoms with E-state index >= 15 is 0 Å². The Balaban J connectivity index is 1.90. The van der Waals surface area contributed by atoms with E-state index in [0.717, 1.165) is 12.2 Å². The first-order valence-corrected chi connectivity index (χ1v) is 5.13. The molecule has 78 valence electrons. The van der Waals surface area contributed by atoms with Crippen molar-refractivity contribution in [3.05, 3.63) is 53.9 Å².